The molecule has 0 unspecified atom stereocenters. The number of nitro groups is 1. The molecule has 1 heterocycles. The third kappa shape index (κ3) is 5.06. The van der Waals surface area contributed by atoms with Crippen molar-refractivity contribution in [2.45, 2.75) is 56.3 Å². The Kier molecular flexibility index (Phi) is 7.15. The van der Waals surface area contributed by atoms with Crippen LogP contribution >= 0.6 is 0 Å². The summed E-state index contributed by atoms with van der Waals surface area (Å²) in [5.74, 6) is -0.361. The van der Waals surface area contributed by atoms with E-state index in [0.29, 0.717) is 16.9 Å². The first-order chi connectivity index (χ1) is 16.3. The van der Waals surface area contributed by atoms with Gasteiger partial charge >= 0.3 is 5.97 Å². The molecule has 2 aromatic rings. The summed E-state index contributed by atoms with van der Waals surface area (Å²) in [6.07, 6.45) is 4.73. The van der Waals surface area contributed by atoms with Gasteiger partial charge in [0.05, 0.1) is 22.0 Å². The fraction of sp³-hybridized carbons (Fsp3) is 0.435. The molecule has 1 saturated carbocycles. The Bertz CT molecular complexity index is 1190. The topological polar surface area (TPSA) is 125 Å². The number of sulfonamides is 1. The zero-order chi connectivity index (χ0) is 24.3. The highest BCUT2D eigenvalue weighted by atomic mass is 32.2. The van der Waals surface area contributed by atoms with Crippen molar-refractivity contribution in [1.29, 1.82) is 0 Å². The number of hydrogen-bond donors (Lipinski definition) is 0. The summed E-state index contributed by atoms with van der Waals surface area (Å²) in [6.45, 7) is -0.144. The van der Waals surface area contributed by atoms with Gasteiger partial charge in [-0.1, -0.05) is 25.3 Å². The minimum Gasteiger partial charge on any atom is -0.467 e. The first-order valence-corrected chi connectivity index (χ1v) is 12.5. The van der Waals surface area contributed by atoms with Crippen LogP contribution in [0.5, 0.6) is 5.75 Å². The molecule has 2 aromatic carbocycles. The highest BCUT2D eigenvalue weighted by molar-refractivity contribution is 7.89. The Morgan fingerprint density at radius 2 is 1.97 bits per heavy atom. The van der Waals surface area contributed by atoms with Gasteiger partial charge < -0.3 is 14.2 Å². The van der Waals surface area contributed by atoms with Crippen LogP contribution in [0, 0.1) is 10.1 Å². The molecule has 0 amide bonds. The number of fused-ring (bicyclic) bond motifs is 1. The molecule has 1 aliphatic carbocycles. The monoisotopic (exact) mass is 490 g/mol. The lowest BCUT2D eigenvalue weighted by molar-refractivity contribution is -0.385. The maximum Gasteiger partial charge on any atom is 0.338 e. The fourth-order valence-electron chi connectivity index (χ4n) is 4.31. The second kappa shape index (κ2) is 10.1. The zero-order valence-corrected chi connectivity index (χ0v) is 19.6. The minimum atomic E-state index is -3.77. The SMILES string of the molecule is CN(C1CCCCC1)S(=O)(=O)c1cccc(C(=O)OCc2cc([N+](=O)[O-])cc3c2OCOC3)c1. The van der Waals surface area contributed by atoms with E-state index in [1.54, 1.807) is 7.05 Å². The van der Waals surface area contributed by atoms with E-state index in [9.17, 15) is 23.3 Å². The summed E-state index contributed by atoms with van der Waals surface area (Å²) in [5.41, 5.74) is 0.728. The molecule has 0 spiro atoms. The molecule has 0 atom stereocenters. The molecular weight excluding hydrogens is 464 g/mol. The van der Waals surface area contributed by atoms with E-state index < -0.39 is 20.9 Å². The summed E-state index contributed by atoms with van der Waals surface area (Å²) in [4.78, 5) is 23.5. The number of carbonyl (C=O) groups excluding carboxylic acids is 1. The quantitative estimate of drug-likeness (QED) is 0.326. The summed E-state index contributed by atoms with van der Waals surface area (Å²) >= 11 is 0. The summed E-state index contributed by atoms with van der Waals surface area (Å²) in [5, 5.41) is 11.3. The number of carbonyl (C=O) groups is 1. The van der Waals surface area contributed by atoms with E-state index >= 15 is 0 Å². The minimum absolute atomic E-state index is 0.0137. The van der Waals surface area contributed by atoms with Crippen LogP contribution in [0.1, 0.15) is 53.6 Å². The average Bonchev–Trinajstić information content (AvgIpc) is 2.86. The number of benzene rings is 2. The van der Waals surface area contributed by atoms with E-state index in [0.717, 1.165) is 32.1 Å². The van der Waals surface area contributed by atoms with E-state index in [2.05, 4.69) is 0 Å². The van der Waals surface area contributed by atoms with Gasteiger partial charge in [0.25, 0.3) is 5.69 Å². The average molecular weight is 491 g/mol. The van der Waals surface area contributed by atoms with Crippen LogP contribution < -0.4 is 4.74 Å². The molecule has 34 heavy (non-hydrogen) atoms. The van der Waals surface area contributed by atoms with Gasteiger partial charge in [0.2, 0.25) is 10.0 Å². The Morgan fingerprint density at radius 1 is 1.21 bits per heavy atom. The molecule has 0 aromatic heterocycles. The maximum absolute atomic E-state index is 13.1. The lowest BCUT2D eigenvalue weighted by Gasteiger charge is -2.30. The molecule has 1 aliphatic heterocycles. The Balaban J connectivity index is 1.51. The van der Waals surface area contributed by atoms with E-state index in [1.807, 2.05) is 0 Å². The molecule has 1 fully saturated rings. The number of hydrogen-bond acceptors (Lipinski definition) is 8. The van der Waals surface area contributed by atoms with Crippen LogP contribution in [-0.2, 0) is 32.7 Å². The van der Waals surface area contributed by atoms with Gasteiger partial charge in [-0.3, -0.25) is 10.1 Å². The van der Waals surface area contributed by atoms with Crippen LogP contribution in [0.15, 0.2) is 41.3 Å². The summed E-state index contributed by atoms with van der Waals surface area (Å²) in [7, 11) is -2.20. The second-order valence-corrected chi connectivity index (χ2v) is 10.4. The van der Waals surface area contributed by atoms with Crippen molar-refractivity contribution >= 4 is 21.7 Å². The highest BCUT2D eigenvalue weighted by Crippen LogP contribution is 2.33. The third-order valence-electron chi connectivity index (χ3n) is 6.18. The second-order valence-electron chi connectivity index (χ2n) is 8.38. The smallest absolute Gasteiger partial charge is 0.338 e. The molecule has 0 bridgehead atoms. The molecule has 0 N–H and O–H groups in total. The number of nitrogens with zero attached hydrogens (tertiary/aromatic N) is 2. The van der Waals surface area contributed by atoms with Gasteiger partial charge in [-0.05, 0) is 31.0 Å². The molecule has 11 heteroatoms. The van der Waals surface area contributed by atoms with Gasteiger partial charge in [0, 0.05) is 36.3 Å². The number of non-ortho nitro benzene ring substituents is 1. The predicted molar refractivity (Wildman–Crippen MR) is 121 cm³/mol. The molecule has 4 rings (SSSR count). The number of ether oxygens (including phenoxy) is 3. The molecular formula is C23H26N2O8S. The van der Waals surface area contributed by atoms with Gasteiger partial charge in [-0.15, -0.1) is 0 Å². The summed E-state index contributed by atoms with van der Waals surface area (Å²) < 4.78 is 43.7. The summed E-state index contributed by atoms with van der Waals surface area (Å²) in [6, 6.07) is 8.30. The van der Waals surface area contributed by atoms with Crippen molar-refractivity contribution in [3.8, 4) is 5.75 Å². The van der Waals surface area contributed by atoms with Crippen molar-refractivity contribution in [3.63, 3.8) is 0 Å². The standard InChI is InChI=1S/C23H26N2O8S/c1-24(19-7-3-2-4-8-19)34(29,30)21-9-5-6-16(12-21)23(26)32-14-18-11-20(25(27)28)10-17-13-31-15-33-22(17)18/h5-6,9-12,19H,2-4,7-8,13-15H2,1H3. The van der Waals surface area contributed by atoms with Crippen LogP contribution in [-0.4, -0.2) is 43.5 Å². The third-order valence-corrected chi connectivity index (χ3v) is 8.08. The van der Waals surface area contributed by atoms with Crippen LogP contribution in [0.3, 0.4) is 0 Å². The first kappa shape index (κ1) is 24.1. The van der Waals surface area contributed by atoms with Gasteiger partial charge in [0.1, 0.15) is 12.4 Å². The van der Waals surface area contributed by atoms with Crippen molar-refractivity contribution in [2.75, 3.05) is 13.8 Å². The van der Waals surface area contributed by atoms with Gasteiger partial charge in [-0.2, -0.15) is 4.31 Å². The van der Waals surface area contributed by atoms with Gasteiger partial charge in [-0.25, -0.2) is 13.2 Å². The Morgan fingerprint density at radius 3 is 2.71 bits per heavy atom. The first-order valence-electron chi connectivity index (χ1n) is 11.0. The molecule has 10 nitrogen and oxygen atoms in total. The molecule has 2 aliphatic rings. The number of rotatable bonds is 7. The van der Waals surface area contributed by atoms with Crippen molar-refractivity contribution < 1.29 is 32.3 Å². The number of nitro benzene ring substituents is 1. The Hall–Kier alpha value is -3.02. The largest absolute Gasteiger partial charge is 0.467 e. The normalized spacial score (nSPS) is 16.5. The maximum atomic E-state index is 13.1. The van der Waals surface area contributed by atoms with Crippen molar-refractivity contribution in [3.05, 3.63) is 63.2 Å². The molecule has 182 valence electrons. The van der Waals surface area contributed by atoms with E-state index in [1.165, 1.54) is 40.7 Å². The van der Waals surface area contributed by atoms with Gasteiger partial charge in [0.15, 0.2) is 6.79 Å². The highest BCUT2D eigenvalue weighted by Gasteiger charge is 2.29. The lowest BCUT2D eigenvalue weighted by atomic mass is 9.96. The predicted octanol–water partition coefficient (Wildman–Crippen LogP) is 3.77. The van der Waals surface area contributed by atoms with Crippen molar-refractivity contribution in [1.82, 2.24) is 4.31 Å². The molecule has 0 radical (unpaired) electrons. The van der Waals surface area contributed by atoms with Crippen LogP contribution in [0.4, 0.5) is 5.69 Å². The van der Waals surface area contributed by atoms with Crippen molar-refractivity contribution in [2.24, 2.45) is 0 Å². The number of esters is 1. The lowest BCUT2D eigenvalue weighted by Crippen LogP contribution is -2.38. The Labute approximate surface area is 197 Å². The van der Waals surface area contributed by atoms with Crippen LogP contribution in [0.25, 0.3) is 0 Å². The van der Waals surface area contributed by atoms with E-state index in [4.69, 9.17) is 14.2 Å². The van der Waals surface area contributed by atoms with E-state index in [-0.39, 0.29) is 42.2 Å². The molecule has 0 saturated heterocycles. The zero-order valence-electron chi connectivity index (χ0n) is 18.8. The van der Waals surface area contributed by atoms with Crippen LogP contribution in [0.2, 0.25) is 0 Å². The fourth-order valence-corrected chi connectivity index (χ4v) is 5.77.